The van der Waals surface area contributed by atoms with E-state index in [0.29, 0.717) is 0 Å². The second kappa shape index (κ2) is 4.81. The van der Waals surface area contributed by atoms with Crippen LogP contribution < -0.4 is 0 Å². The van der Waals surface area contributed by atoms with Gasteiger partial charge in [-0.3, -0.25) is 0 Å². The lowest BCUT2D eigenvalue weighted by atomic mass is 9.84. The van der Waals surface area contributed by atoms with Crippen LogP contribution in [0.1, 0.15) is 5.56 Å². The van der Waals surface area contributed by atoms with E-state index >= 15 is 0 Å². The van der Waals surface area contributed by atoms with Crippen LogP contribution in [0.5, 0.6) is 0 Å². The van der Waals surface area contributed by atoms with Gasteiger partial charge in [0, 0.05) is 5.56 Å². The molecule has 0 N–H and O–H groups in total. The van der Waals surface area contributed by atoms with E-state index in [1.165, 1.54) is 0 Å². The maximum Gasteiger partial charge on any atom is 0.230 e. The maximum atomic E-state index is 14.3. The van der Waals surface area contributed by atoms with E-state index in [1.807, 2.05) is 0 Å². The molecular formula is C12H3F9. The van der Waals surface area contributed by atoms with Crippen molar-refractivity contribution in [1.82, 2.24) is 0 Å². The van der Waals surface area contributed by atoms with E-state index in [1.54, 1.807) is 0 Å². The zero-order valence-electron chi connectivity index (χ0n) is 9.63. The fourth-order valence-electron chi connectivity index (χ4n) is 1.82. The van der Waals surface area contributed by atoms with Crippen LogP contribution in [0.3, 0.4) is 0 Å². The smallest absolute Gasteiger partial charge is 0.230 e. The molecule has 1 aromatic rings. The molecule has 9 heteroatoms. The number of halogens is 9. The summed E-state index contributed by atoms with van der Waals surface area (Å²) >= 11 is 0. The number of benzene rings is 1. The Kier molecular flexibility index (Phi) is 3.54. The second-order valence-electron chi connectivity index (χ2n) is 4.09. The molecule has 0 amide bonds. The highest BCUT2D eigenvalue weighted by Crippen LogP contribution is 2.51. The molecule has 1 aromatic carbocycles. The van der Waals surface area contributed by atoms with Crippen LogP contribution in [0.25, 0.3) is 0 Å². The summed E-state index contributed by atoms with van der Waals surface area (Å²) in [6.07, 6.45) is -3.81. The van der Waals surface area contributed by atoms with E-state index in [2.05, 4.69) is 0 Å². The van der Waals surface area contributed by atoms with Crippen molar-refractivity contribution >= 4 is 0 Å². The third-order valence-electron chi connectivity index (χ3n) is 2.91. The Morgan fingerprint density at radius 1 is 0.810 bits per heavy atom. The molecule has 2 unspecified atom stereocenters. The lowest BCUT2D eigenvalue weighted by molar-refractivity contribution is 0.0502. The molecular weight excluding hydrogens is 315 g/mol. The molecule has 0 radical (unpaired) electrons. The Labute approximate surface area is 111 Å². The maximum absolute atomic E-state index is 14.3. The zero-order chi connectivity index (χ0) is 16.1. The predicted molar refractivity (Wildman–Crippen MR) is 52.5 cm³/mol. The third-order valence-corrected chi connectivity index (χ3v) is 2.91. The van der Waals surface area contributed by atoms with Crippen LogP contribution in [-0.4, -0.2) is 6.17 Å². The van der Waals surface area contributed by atoms with Crippen LogP contribution in [0.15, 0.2) is 35.4 Å². The molecule has 0 saturated carbocycles. The molecule has 114 valence electrons. The van der Waals surface area contributed by atoms with Crippen molar-refractivity contribution < 1.29 is 39.5 Å². The number of allylic oxidation sites excluding steroid dienone is 4. The highest BCUT2D eigenvalue weighted by molar-refractivity contribution is 5.45. The summed E-state index contributed by atoms with van der Waals surface area (Å²) in [7, 11) is 0. The molecule has 0 nitrogen and oxygen atoms in total. The minimum Gasteiger partial charge on any atom is -0.235 e. The van der Waals surface area contributed by atoms with Gasteiger partial charge in [0.25, 0.3) is 0 Å². The molecule has 21 heavy (non-hydrogen) atoms. The van der Waals surface area contributed by atoms with Gasteiger partial charge in [0.1, 0.15) is 0 Å². The van der Waals surface area contributed by atoms with Crippen molar-refractivity contribution in [3.63, 3.8) is 0 Å². The van der Waals surface area contributed by atoms with Crippen LogP contribution in [0.2, 0.25) is 0 Å². The summed E-state index contributed by atoms with van der Waals surface area (Å²) in [6, 6.07) is 0.156. The molecule has 0 spiro atoms. The lowest BCUT2D eigenvalue weighted by Gasteiger charge is -2.30. The average Bonchev–Trinajstić information content (AvgIpc) is 2.47. The normalized spacial score (nSPS) is 26.6. The van der Waals surface area contributed by atoms with Gasteiger partial charge >= 0.3 is 0 Å². The second-order valence-corrected chi connectivity index (χ2v) is 4.09. The molecule has 2 atom stereocenters. The summed E-state index contributed by atoms with van der Waals surface area (Å²) in [5, 5.41) is 0. The summed E-state index contributed by atoms with van der Waals surface area (Å²) in [5.41, 5.74) is -6.34. The van der Waals surface area contributed by atoms with Gasteiger partial charge in [-0.2, -0.15) is 0 Å². The highest BCUT2D eigenvalue weighted by Gasteiger charge is 2.56. The first-order chi connectivity index (χ1) is 9.63. The van der Waals surface area contributed by atoms with Crippen molar-refractivity contribution in [3.8, 4) is 0 Å². The predicted octanol–water partition coefficient (Wildman–Crippen LogP) is 4.92. The number of hydrogen-bond donors (Lipinski definition) is 0. The van der Waals surface area contributed by atoms with Crippen molar-refractivity contribution in [3.05, 3.63) is 58.5 Å². The molecule has 0 bridgehead atoms. The Balaban J connectivity index is 2.76. The minimum absolute atomic E-state index is 0.0592. The molecule has 1 aliphatic rings. The fraction of sp³-hybridized carbons (Fsp3) is 0.167. The summed E-state index contributed by atoms with van der Waals surface area (Å²) in [5.74, 6) is -17.4. The van der Waals surface area contributed by atoms with Gasteiger partial charge in [0.15, 0.2) is 46.9 Å². The summed E-state index contributed by atoms with van der Waals surface area (Å²) < 4.78 is 119. The molecule has 0 saturated heterocycles. The van der Waals surface area contributed by atoms with E-state index in [-0.39, 0.29) is 12.1 Å². The van der Waals surface area contributed by atoms with Gasteiger partial charge in [0.05, 0.1) is 0 Å². The standard InChI is InChI=1S/C12H3F9/c13-4-2-1-3(5(14)6(4)15)12(21)10(19)8(17)7(16)9(18)11(12)20/h1-2,10H. The number of rotatable bonds is 1. The van der Waals surface area contributed by atoms with Gasteiger partial charge in [-0.1, -0.05) is 0 Å². The van der Waals surface area contributed by atoms with E-state index < -0.39 is 58.2 Å². The summed E-state index contributed by atoms with van der Waals surface area (Å²) in [6.45, 7) is 0. The van der Waals surface area contributed by atoms with Gasteiger partial charge in [-0.25, -0.2) is 39.5 Å². The topological polar surface area (TPSA) is 0 Å². The van der Waals surface area contributed by atoms with Crippen molar-refractivity contribution in [2.24, 2.45) is 0 Å². The number of hydrogen-bond acceptors (Lipinski definition) is 0. The fourth-order valence-corrected chi connectivity index (χ4v) is 1.82. The molecule has 0 aliphatic heterocycles. The van der Waals surface area contributed by atoms with Gasteiger partial charge in [-0.15, -0.1) is 0 Å². The first kappa shape index (κ1) is 15.5. The minimum atomic E-state index is -4.50. The molecule has 1 aliphatic carbocycles. The molecule has 0 fully saturated rings. The van der Waals surface area contributed by atoms with E-state index in [0.717, 1.165) is 0 Å². The van der Waals surface area contributed by atoms with Crippen molar-refractivity contribution in [2.45, 2.75) is 11.8 Å². The van der Waals surface area contributed by atoms with Gasteiger partial charge in [0.2, 0.25) is 5.67 Å². The average molecular weight is 318 g/mol. The van der Waals surface area contributed by atoms with E-state index in [4.69, 9.17) is 0 Å². The van der Waals surface area contributed by atoms with Crippen LogP contribution in [0, 0.1) is 17.5 Å². The summed E-state index contributed by atoms with van der Waals surface area (Å²) in [4.78, 5) is 0. The number of alkyl halides is 2. The van der Waals surface area contributed by atoms with Crippen LogP contribution in [-0.2, 0) is 5.67 Å². The first-order valence-corrected chi connectivity index (χ1v) is 5.22. The van der Waals surface area contributed by atoms with Crippen LogP contribution in [0.4, 0.5) is 39.5 Å². The van der Waals surface area contributed by atoms with Crippen LogP contribution >= 0.6 is 0 Å². The molecule has 0 heterocycles. The quantitative estimate of drug-likeness (QED) is 0.509. The Morgan fingerprint density at radius 3 is 1.95 bits per heavy atom. The van der Waals surface area contributed by atoms with Gasteiger partial charge in [-0.05, 0) is 12.1 Å². The van der Waals surface area contributed by atoms with Gasteiger partial charge < -0.3 is 0 Å². The monoisotopic (exact) mass is 318 g/mol. The Hall–Kier alpha value is -1.93. The SMILES string of the molecule is FC1=C(F)C(F)C(F)(c2ccc(F)c(F)c2F)C(F)=C1F. The lowest BCUT2D eigenvalue weighted by Crippen LogP contribution is -2.38. The van der Waals surface area contributed by atoms with Crippen molar-refractivity contribution in [2.75, 3.05) is 0 Å². The zero-order valence-corrected chi connectivity index (χ0v) is 9.63. The Bertz CT molecular complexity index is 676. The Morgan fingerprint density at radius 2 is 1.38 bits per heavy atom. The van der Waals surface area contributed by atoms with E-state index in [9.17, 15) is 39.5 Å². The largest absolute Gasteiger partial charge is 0.235 e. The molecule has 0 aromatic heterocycles. The first-order valence-electron chi connectivity index (χ1n) is 5.22. The van der Waals surface area contributed by atoms with Crippen molar-refractivity contribution in [1.29, 1.82) is 0 Å². The third kappa shape index (κ3) is 1.94. The highest BCUT2D eigenvalue weighted by atomic mass is 19.2. The molecule has 2 rings (SSSR count).